The van der Waals surface area contributed by atoms with Crippen molar-refractivity contribution < 1.29 is 0 Å². The average molecular weight is 276 g/mol. The van der Waals surface area contributed by atoms with Crippen molar-refractivity contribution in [1.29, 1.82) is 0 Å². The van der Waals surface area contributed by atoms with E-state index in [2.05, 4.69) is 24.3 Å². The van der Waals surface area contributed by atoms with E-state index >= 15 is 0 Å². The second-order valence-electron chi connectivity index (χ2n) is 4.59. The number of nitrogens with two attached hydrogens (primary N) is 1. The second-order valence-corrected chi connectivity index (χ2v) is 6.09. The predicted octanol–water partition coefficient (Wildman–Crippen LogP) is 4.35. The quantitative estimate of drug-likeness (QED) is 0.665. The Bertz CT molecular complexity index is 582. The zero-order chi connectivity index (χ0) is 12.5. The van der Waals surface area contributed by atoms with Gasteiger partial charge in [0.25, 0.3) is 0 Å². The lowest BCUT2D eigenvalue weighted by atomic mass is 9.79. The van der Waals surface area contributed by atoms with Gasteiger partial charge in [0, 0.05) is 10.6 Å². The number of anilines is 1. The highest BCUT2D eigenvalue weighted by molar-refractivity contribution is 7.99. The molecule has 1 aliphatic carbocycles. The van der Waals surface area contributed by atoms with Crippen LogP contribution in [0, 0.1) is 0 Å². The van der Waals surface area contributed by atoms with Crippen LogP contribution in [0.4, 0.5) is 5.69 Å². The van der Waals surface area contributed by atoms with Gasteiger partial charge in [0.05, 0.1) is 10.7 Å². The Morgan fingerprint density at radius 3 is 2.83 bits per heavy atom. The molecule has 0 amide bonds. The van der Waals surface area contributed by atoms with Crippen LogP contribution in [0.5, 0.6) is 0 Å². The van der Waals surface area contributed by atoms with E-state index in [1.54, 1.807) is 0 Å². The van der Waals surface area contributed by atoms with Crippen molar-refractivity contribution in [2.75, 3.05) is 11.5 Å². The van der Waals surface area contributed by atoms with E-state index in [0.29, 0.717) is 16.6 Å². The number of hydrogen-bond donors (Lipinski definition) is 1. The van der Waals surface area contributed by atoms with E-state index in [-0.39, 0.29) is 0 Å². The van der Waals surface area contributed by atoms with Gasteiger partial charge in [0.15, 0.2) is 0 Å². The van der Waals surface area contributed by atoms with E-state index in [1.165, 1.54) is 22.4 Å². The van der Waals surface area contributed by atoms with Crippen LogP contribution in [-0.4, -0.2) is 5.75 Å². The molecule has 92 valence electrons. The highest BCUT2D eigenvalue weighted by Crippen LogP contribution is 2.39. The zero-order valence-electron chi connectivity index (χ0n) is 9.90. The molecule has 2 aromatic carbocycles. The van der Waals surface area contributed by atoms with Gasteiger partial charge in [0.1, 0.15) is 0 Å². The fourth-order valence-electron chi connectivity index (χ4n) is 2.31. The third-order valence-electron chi connectivity index (χ3n) is 3.38. The molecule has 0 radical (unpaired) electrons. The number of hydrogen-bond acceptors (Lipinski definition) is 2. The number of benzene rings is 2. The molecule has 2 aromatic rings. The van der Waals surface area contributed by atoms with Crippen molar-refractivity contribution >= 4 is 29.1 Å². The largest absolute Gasteiger partial charge is 0.398 e. The van der Waals surface area contributed by atoms with Crippen molar-refractivity contribution in [1.82, 2.24) is 0 Å². The molecule has 2 N–H and O–H groups in total. The highest BCUT2D eigenvalue weighted by atomic mass is 35.5. The SMILES string of the molecule is Nc1ccc(SCC2Cc3ccccc32)cc1Cl. The van der Waals surface area contributed by atoms with Gasteiger partial charge in [-0.1, -0.05) is 35.9 Å². The van der Waals surface area contributed by atoms with Gasteiger partial charge in [-0.05, 0) is 41.7 Å². The number of nitrogen functional groups attached to an aromatic ring is 1. The smallest absolute Gasteiger partial charge is 0.0646 e. The Morgan fingerprint density at radius 1 is 1.22 bits per heavy atom. The molecule has 3 heteroatoms. The fourth-order valence-corrected chi connectivity index (χ4v) is 3.61. The first-order chi connectivity index (χ1) is 8.74. The summed E-state index contributed by atoms with van der Waals surface area (Å²) in [5, 5.41) is 0.647. The molecule has 0 aromatic heterocycles. The number of halogens is 1. The Balaban J connectivity index is 1.65. The van der Waals surface area contributed by atoms with Crippen LogP contribution >= 0.6 is 23.4 Å². The average Bonchev–Trinajstić information content (AvgIpc) is 2.35. The minimum atomic E-state index is 0.647. The summed E-state index contributed by atoms with van der Waals surface area (Å²) < 4.78 is 0. The minimum Gasteiger partial charge on any atom is -0.398 e. The van der Waals surface area contributed by atoms with Crippen LogP contribution in [0.25, 0.3) is 0 Å². The summed E-state index contributed by atoms with van der Waals surface area (Å²) in [6.07, 6.45) is 1.20. The lowest BCUT2D eigenvalue weighted by Crippen LogP contribution is -2.18. The summed E-state index contributed by atoms with van der Waals surface area (Å²) in [6, 6.07) is 14.6. The van der Waals surface area contributed by atoms with Gasteiger partial charge in [0.2, 0.25) is 0 Å². The Hall–Kier alpha value is -1.12. The van der Waals surface area contributed by atoms with Crippen molar-refractivity contribution in [2.45, 2.75) is 17.2 Å². The van der Waals surface area contributed by atoms with Gasteiger partial charge in [-0.25, -0.2) is 0 Å². The van der Waals surface area contributed by atoms with Crippen LogP contribution in [0.15, 0.2) is 47.4 Å². The van der Waals surface area contributed by atoms with E-state index in [4.69, 9.17) is 17.3 Å². The molecule has 1 atom stereocenters. The minimum absolute atomic E-state index is 0.647. The molecule has 1 aliphatic rings. The Labute approximate surface area is 116 Å². The molecule has 18 heavy (non-hydrogen) atoms. The van der Waals surface area contributed by atoms with E-state index in [0.717, 1.165) is 5.75 Å². The molecule has 0 saturated heterocycles. The second kappa shape index (κ2) is 4.87. The lowest BCUT2D eigenvalue weighted by molar-refractivity contribution is 0.677. The van der Waals surface area contributed by atoms with Gasteiger partial charge >= 0.3 is 0 Å². The van der Waals surface area contributed by atoms with Gasteiger partial charge in [-0.15, -0.1) is 11.8 Å². The predicted molar refractivity (Wildman–Crippen MR) is 79.5 cm³/mol. The van der Waals surface area contributed by atoms with Crippen molar-refractivity contribution in [3.63, 3.8) is 0 Å². The monoisotopic (exact) mass is 275 g/mol. The zero-order valence-corrected chi connectivity index (χ0v) is 11.5. The molecule has 0 aliphatic heterocycles. The highest BCUT2D eigenvalue weighted by Gasteiger charge is 2.25. The van der Waals surface area contributed by atoms with E-state index in [9.17, 15) is 0 Å². The summed E-state index contributed by atoms with van der Waals surface area (Å²) in [7, 11) is 0. The first-order valence-electron chi connectivity index (χ1n) is 5.99. The molecular weight excluding hydrogens is 262 g/mol. The molecular formula is C15H14ClNS. The summed E-state index contributed by atoms with van der Waals surface area (Å²) >= 11 is 7.87. The third-order valence-corrected chi connectivity index (χ3v) is 4.87. The summed E-state index contributed by atoms with van der Waals surface area (Å²) in [5.74, 6) is 1.79. The van der Waals surface area contributed by atoms with Gasteiger partial charge in [-0.2, -0.15) is 0 Å². The van der Waals surface area contributed by atoms with Crippen molar-refractivity contribution in [3.05, 3.63) is 58.6 Å². The molecule has 1 unspecified atom stereocenters. The maximum atomic E-state index is 6.02. The molecule has 0 fully saturated rings. The Morgan fingerprint density at radius 2 is 2.06 bits per heavy atom. The molecule has 0 spiro atoms. The maximum absolute atomic E-state index is 6.02. The lowest BCUT2D eigenvalue weighted by Gasteiger charge is -2.29. The van der Waals surface area contributed by atoms with Crippen LogP contribution in [0.2, 0.25) is 5.02 Å². The van der Waals surface area contributed by atoms with Crippen molar-refractivity contribution in [3.8, 4) is 0 Å². The third kappa shape index (κ3) is 2.23. The number of rotatable bonds is 3. The molecule has 0 bridgehead atoms. The summed E-state index contributed by atoms with van der Waals surface area (Å²) in [6.45, 7) is 0. The van der Waals surface area contributed by atoms with Gasteiger partial charge < -0.3 is 5.73 Å². The molecule has 1 nitrogen and oxygen atoms in total. The van der Waals surface area contributed by atoms with Gasteiger partial charge in [-0.3, -0.25) is 0 Å². The standard InChI is InChI=1S/C15H14ClNS/c16-14-8-12(5-6-15(14)17)18-9-11-7-10-3-1-2-4-13(10)11/h1-6,8,11H,7,9,17H2. The first-order valence-corrected chi connectivity index (χ1v) is 7.36. The Kier molecular flexibility index (Phi) is 3.23. The summed E-state index contributed by atoms with van der Waals surface area (Å²) in [4.78, 5) is 1.19. The number of fused-ring (bicyclic) bond motifs is 1. The van der Waals surface area contributed by atoms with Crippen LogP contribution in [-0.2, 0) is 6.42 Å². The van der Waals surface area contributed by atoms with Crippen LogP contribution in [0.3, 0.4) is 0 Å². The van der Waals surface area contributed by atoms with E-state index < -0.39 is 0 Å². The van der Waals surface area contributed by atoms with Crippen molar-refractivity contribution in [2.24, 2.45) is 0 Å². The number of thioether (sulfide) groups is 1. The maximum Gasteiger partial charge on any atom is 0.0646 e. The normalized spacial score (nSPS) is 17.1. The first kappa shape index (κ1) is 11.9. The topological polar surface area (TPSA) is 26.0 Å². The molecule has 0 saturated carbocycles. The molecule has 3 rings (SSSR count). The van der Waals surface area contributed by atoms with Crippen LogP contribution in [0.1, 0.15) is 17.0 Å². The fraction of sp³-hybridized carbons (Fsp3) is 0.200. The van der Waals surface area contributed by atoms with Crippen LogP contribution < -0.4 is 5.73 Å². The molecule has 0 heterocycles. The van der Waals surface area contributed by atoms with E-state index in [1.807, 2.05) is 30.0 Å². The summed E-state index contributed by atoms with van der Waals surface area (Å²) in [5.41, 5.74) is 9.36.